The Labute approximate surface area is 302 Å². The van der Waals surface area contributed by atoms with E-state index in [1.54, 1.807) is 0 Å². The summed E-state index contributed by atoms with van der Waals surface area (Å²) in [6, 6.07) is -0.647. The van der Waals surface area contributed by atoms with E-state index in [4.69, 9.17) is 0 Å². The van der Waals surface area contributed by atoms with Crippen molar-refractivity contribution in [3.63, 3.8) is 0 Å². The number of halogens is 15. The third kappa shape index (κ3) is 8.88. The van der Waals surface area contributed by atoms with E-state index in [9.17, 15) is 108 Å². The molecule has 0 radical (unpaired) electrons. The summed E-state index contributed by atoms with van der Waals surface area (Å²) in [5.74, 6) is -12.5. The van der Waals surface area contributed by atoms with Crippen LogP contribution in [-0.4, -0.2) is 78.2 Å². The zero-order valence-corrected chi connectivity index (χ0v) is 29.3. The first-order valence-corrected chi connectivity index (χ1v) is 20.0. The zero-order chi connectivity index (χ0) is 43.7. The van der Waals surface area contributed by atoms with Gasteiger partial charge in [-0.25, -0.2) is 8.61 Å². The van der Waals surface area contributed by atoms with Crippen molar-refractivity contribution in [2.75, 3.05) is 0 Å². The second-order valence-corrected chi connectivity index (χ2v) is 18.2. The molecule has 3 rings (SSSR count). The third-order valence-corrected chi connectivity index (χ3v) is 11.9. The minimum atomic E-state index is -7.42. The van der Waals surface area contributed by atoms with Gasteiger partial charge in [-0.15, -0.1) is 0 Å². The summed E-state index contributed by atoms with van der Waals surface area (Å²) in [4.78, 5) is 0. The largest absolute Gasteiger partial charge is 0.534 e. The van der Waals surface area contributed by atoms with E-state index in [2.05, 4.69) is 12.5 Å². The molecule has 0 aromatic heterocycles. The van der Waals surface area contributed by atoms with Gasteiger partial charge in [0.15, 0.2) is 17.2 Å². The van der Waals surface area contributed by atoms with E-state index < -0.39 is 133 Å². The van der Waals surface area contributed by atoms with Crippen LogP contribution in [0.3, 0.4) is 0 Å². The minimum Gasteiger partial charge on any atom is -0.375 e. The first-order chi connectivity index (χ1) is 24.7. The molecule has 318 valence electrons. The van der Waals surface area contributed by atoms with E-state index in [-0.39, 0.29) is 49.1 Å². The summed E-state index contributed by atoms with van der Waals surface area (Å²) in [5.41, 5.74) is -36.3. The van der Waals surface area contributed by atoms with Gasteiger partial charge in [-0.2, -0.15) is 108 Å². The fraction of sp³-hybridized carbons (Fsp3) is 0.333. The number of hydrogen-bond acceptors (Lipinski definition) is 13. The maximum absolute atomic E-state index is 13.6. The third-order valence-electron chi connectivity index (χ3n) is 6.29. The van der Waals surface area contributed by atoms with E-state index in [1.807, 2.05) is 0 Å². The van der Waals surface area contributed by atoms with Crippen molar-refractivity contribution < 1.29 is 120 Å². The Balaban J connectivity index is 2.62. The molecule has 0 N–H and O–H groups in total. The highest BCUT2D eigenvalue weighted by Crippen LogP contribution is 2.52. The number of alkyl halides is 15. The molecule has 2 heterocycles. The molecule has 15 nitrogen and oxygen atoms in total. The lowest BCUT2D eigenvalue weighted by Crippen LogP contribution is -2.35. The molecule has 1 aromatic carbocycles. The van der Waals surface area contributed by atoms with Crippen LogP contribution in [0.5, 0.6) is 17.2 Å². The van der Waals surface area contributed by atoms with E-state index in [0.29, 0.717) is 0 Å². The van der Waals surface area contributed by atoms with Crippen LogP contribution in [0, 0.1) is 0 Å². The van der Waals surface area contributed by atoms with Gasteiger partial charge in [0.2, 0.25) is 0 Å². The van der Waals surface area contributed by atoms with Gasteiger partial charge in [-0.1, -0.05) is 24.3 Å². The van der Waals surface area contributed by atoms with Crippen LogP contribution in [0.1, 0.15) is 23.0 Å². The van der Waals surface area contributed by atoms with Gasteiger partial charge in [0.05, 0.1) is 11.1 Å². The van der Waals surface area contributed by atoms with Crippen molar-refractivity contribution in [1.29, 1.82) is 0 Å². The number of allylic oxidation sites excluding steroid dienone is 4. The standard InChI is InChI=1S/C21H11F15N2O13S5/c22-17(23,24)52(39,40)37-5-1-10(2-6-37)14-12(49-54(43,44)19(28,29)30)9-13(50-55(45,46)20(31,32)33)15(16(14)51-56(47,48)21(34,35)36)11-3-7-38(8-4-11)53(41,42)18(25,26)27/h1-11H. The van der Waals surface area contributed by atoms with Crippen LogP contribution in [0.4, 0.5) is 65.9 Å². The minimum absolute atomic E-state index is 0.0142. The van der Waals surface area contributed by atoms with Gasteiger partial charge >= 0.3 is 77.9 Å². The van der Waals surface area contributed by atoms with Crippen molar-refractivity contribution in [3.05, 3.63) is 66.3 Å². The summed E-state index contributed by atoms with van der Waals surface area (Å²) >= 11 is 0. The normalized spacial score (nSPS) is 17.4. The van der Waals surface area contributed by atoms with Crippen LogP contribution >= 0.6 is 0 Å². The van der Waals surface area contributed by atoms with E-state index in [0.717, 1.165) is 0 Å². The van der Waals surface area contributed by atoms with Crippen LogP contribution in [0.25, 0.3) is 0 Å². The topological polar surface area (TPSA) is 205 Å². The lowest BCUT2D eigenvalue weighted by atomic mass is 9.88. The summed E-state index contributed by atoms with van der Waals surface area (Å²) in [6.07, 6.45) is -0.906. The fourth-order valence-corrected chi connectivity index (χ4v) is 6.70. The van der Waals surface area contributed by atoms with Crippen molar-refractivity contribution in [2.24, 2.45) is 0 Å². The molecule has 0 unspecified atom stereocenters. The summed E-state index contributed by atoms with van der Waals surface area (Å²) in [6.45, 7) is 0. The van der Waals surface area contributed by atoms with Gasteiger partial charge in [-0.05, 0) is 0 Å². The highest BCUT2D eigenvalue weighted by Gasteiger charge is 2.54. The van der Waals surface area contributed by atoms with Crippen molar-refractivity contribution in [2.45, 2.75) is 39.4 Å². The van der Waals surface area contributed by atoms with Gasteiger partial charge in [-0.3, -0.25) is 0 Å². The number of rotatable bonds is 10. The summed E-state index contributed by atoms with van der Waals surface area (Å²) in [7, 11) is -34.9. The van der Waals surface area contributed by atoms with Crippen LogP contribution < -0.4 is 12.5 Å². The Hall–Kier alpha value is -4.12. The molecule has 0 amide bonds. The Bertz CT molecular complexity index is 2260. The predicted octanol–water partition coefficient (Wildman–Crippen LogP) is 4.92. The fourth-order valence-electron chi connectivity index (χ4n) is 3.87. The molecule has 1 aromatic rings. The van der Waals surface area contributed by atoms with Crippen LogP contribution in [0.15, 0.2) is 55.2 Å². The second kappa shape index (κ2) is 14.1. The number of nitrogens with zero attached hydrogens (tertiary/aromatic N) is 2. The molecule has 2 aliphatic rings. The van der Waals surface area contributed by atoms with E-state index >= 15 is 0 Å². The van der Waals surface area contributed by atoms with Gasteiger partial charge < -0.3 is 12.5 Å². The molecule has 0 atom stereocenters. The van der Waals surface area contributed by atoms with E-state index in [1.165, 1.54) is 0 Å². The molecule has 0 spiro atoms. The highest BCUT2D eigenvalue weighted by molar-refractivity contribution is 7.90. The molecule has 0 saturated heterocycles. The molecule has 0 fully saturated rings. The Morgan fingerprint density at radius 1 is 0.411 bits per heavy atom. The molecule has 2 aliphatic heterocycles. The molecular formula is C21H11F15N2O13S5. The van der Waals surface area contributed by atoms with Crippen molar-refractivity contribution in [3.8, 4) is 17.2 Å². The average Bonchev–Trinajstić information content (AvgIpc) is 2.98. The number of hydrogen-bond donors (Lipinski definition) is 0. The monoisotopic (exact) mass is 944 g/mol. The zero-order valence-electron chi connectivity index (χ0n) is 25.3. The summed E-state index contributed by atoms with van der Waals surface area (Å²) < 4.78 is 330. The van der Waals surface area contributed by atoms with Crippen molar-refractivity contribution in [1.82, 2.24) is 8.61 Å². The molecule has 56 heavy (non-hydrogen) atoms. The quantitative estimate of drug-likeness (QED) is 0.174. The molecule has 0 aliphatic carbocycles. The maximum atomic E-state index is 13.6. The molecule has 35 heteroatoms. The molecule has 0 saturated carbocycles. The molecule has 0 bridgehead atoms. The molecular weight excluding hydrogens is 934 g/mol. The average molecular weight is 945 g/mol. The number of benzene rings is 1. The first kappa shape index (κ1) is 46.3. The number of sulfonamides is 2. The van der Waals surface area contributed by atoms with Gasteiger partial charge in [0.1, 0.15) is 0 Å². The lowest BCUT2D eigenvalue weighted by molar-refractivity contribution is -0.0503. The van der Waals surface area contributed by atoms with Crippen LogP contribution in [0.2, 0.25) is 0 Å². The summed E-state index contributed by atoms with van der Waals surface area (Å²) in [5, 5.41) is 0. The Kier molecular flexibility index (Phi) is 11.6. The SMILES string of the molecule is O=S(=O)(Oc1cc(OS(=O)(=O)C(F)(F)F)c(C2C=CN(S(=O)(=O)C(F)(F)F)C=C2)c(OS(=O)(=O)C(F)(F)F)c1C1C=CN(S(=O)(=O)C(F)(F)F)C=C1)C(F)(F)F. The van der Waals surface area contributed by atoms with Gasteiger partial charge in [0.25, 0.3) is 0 Å². The Morgan fingerprint density at radius 2 is 0.661 bits per heavy atom. The van der Waals surface area contributed by atoms with Crippen molar-refractivity contribution >= 4 is 50.4 Å². The Morgan fingerprint density at radius 3 is 0.893 bits per heavy atom. The highest BCUT2D eigenvalue weighted by atomic mass is 32.2. The smallest absolute Gasteiger partial charge is 0.375 e. The van der Waals surface area contributed by atoms with Gasteiger partial charge in [0, 0.05) is 42.7 Å². The maximum Gasteiger partial charge on any atom is 0.534 e. The predicted molar refractivity (Wildman–Crippen MR) is 149 cm³/mol. The second-order valence-electron chi connectivity index (χ2n) is 9.96. The first-order valence-electron chi connectivity index (χ1n) is 12.9. The lowest BCUT2D eigenvalue weighted by Gasteiger charge is -2.29. The van der Waals surface area contributed by atoms with Crippen LogP contribution in [-0.2, 0) is 50.4 Å².